The van der Waals surface area contributed by atoms with Gasteiger partial charge in [0.1, 0.15) is 0 Å². The molecular formula is C9H10ClF2N. The van der Waals surface area contributed by atoms with Gasteiger partial charge in [0, 0.05) is 5.54 Å². The average Bonchev–Trinajstić information content (AvgIpc) is 1.98. The molecule has 0 aromatic heterocycles. The fourth-order valence-electron chi connectivity index (χ4n) is 1.02. The van der Waals surface area contributed by atoms with Crippen molar-refractivity contribution in [3.05, 3.63) is 34.4 Å². The summed E-state index contributed by atoms with van der Waals surface area (Å²) in [4.78, 5) is 0. The van der Waals surface area contributed by atoms with Crippen molar-refractivity contribution in [2.45, 2.75) is 19.4 Å². The van der Waals surface area contributed by atoms with Crippen molar-refractivity contribution in [1.29, 1.82) is 0 Å². The summed E-state index contributed by atoms with van der Waals surface area (Å²) in [7, 11) is 0. The van der Waals surface area contributed by atoms with E-state index in [1.54, 1.807) is 13.8 Å². The number of nitrogens with two attached hydrogens (primary N) is 1. The fourth-order valence-corrected chi connectivity index (χ4v) is 1.42. The third kappa shape index (κ3) is 1.98. The molecule has 0 radical (unpaired) electrons. The van der Waals surface area contributed by atoms with E-state index in [-0.39, 0.29) is 5.02 Å². The normalized spacial score (nSPS) is 11.8. The summed E-state index contributed by atoms with van der Waals surface area (Å²) in [5.41, 5.74) is 5.33. The fraction of sp³-hybridized carbons (Fsp3) is 0.333. The second-order valence-electron chi connectivity index (χ2n) is 3.44. The van der Waals surface area contributed by atoms with E-state index >= 15 is 0 Å². The van der Waals surface area contributed by atoms with E-state index in [4.69, 9.17) is 17.3 Å². The lowest BCUT2D eigenvalue weighted by molar-refractivity contribution is 0.494. The molecule has 1 aromatic rings. The summed E-state index contributed by atoms with van der Waals surface area (Å²) in [6, 6.07) is 2.41. The SMILES string of the molecule is CC(C)(N)c1ccc(F)c(F)c1Cl. The highest BCUT2D eigenvalue weighted by Crippen LogP contribution is 2.29. The number of rotatable bonds is 1. The summed E-state index contributed by atoms with van der Waals surface area (Å²) in [6.07, 6.45) is 0. The van der Waals surface area contributed by atoms with Crippen LogP contribution in [0, 0.1) is 11.6 Å². The summed E-state index contributed by atoms with van der Waals surface area (Å²) >= 11 is 5.59. The largest absolute Gasteiger partial charge is 0.322 e. The van der Waals surface area contributed by atoms with Crippen LogP contribution in [0.1, 0.15) is 19.4 Å². The molecule has 1 aromatic carbocycles. The Kier molecular flexibility index (Phi) is 2.59. The topological polar surface area (TPSA) is 26.0 Å². The number of benzene rings is 1. The minimum absolute atomic E-state index is 0.243. The smallest absolute Gasteiger partial charge is 0.177 e. The molecule has 1 nitrogen and oxygen atoms in total. The maximum atomic E-state index is 13.0. The minimum Gasteiger partial charge on any atom is -0.322 e. The van der Waals surface area contributed by atoms with Crippen molar-refractivity contribution >= 4 is 11.6 Å². The Morgan fingerprint density at radius 3 is 2.31 bits per heavy atom. The number of hydrogen-bond acceptors (Lipinski definition) is 1. The first-order chi connectivity index (χ1) is 5.84. The van der Waals surface area contributed by atoms with Gasteiger partial charge in [0.2, 0.25) is 0 Å². The van der Waals surface area contributed by atoms with Crippen LogP contribution in [0.4, 0.5) is 8.78 Å². The van der Waals surface area contributed by atoms with E-state index in [0.29, 0.717) is 5.56 Å². The molecule has 0 aliphatic heterocycles. The van der Waals surface area contributed by atoms with Crippen molar-refractivity contribution in [2.24, 2.45) is 5.73 Å². The second kappa shape index (κ2) is 3.24. The number of halogens is 3. The van der Waals surface area contributed by atoms with E-state index in [9.17, 15) is 8.78 Å². The monoisotopic (exact) mass is 205 g/mol. The second-order valence-corrected chi connectivity index (χ2v) is 3.82. The summed E-state index contributed by atoms with van der Waals surface area (Å²) in [5, 5.41) is -0.243. The summed E-state index contributed by atoms with van der Waals surface area (Å²) in [6.45, 7) is 3.34. The Bertz CT molecular complexity index is 331. The van der Waals surface area contributed by atoms with Gasteiger partial charge in [0.05, 0.1) is 5.02 Å². The average molecular weight is 206 g/mol. The van der Waals surface area contributed by atoms with E-state index in [1.807, 2.05) is 0 Å². The third-order valence-corrected chi connectivity index (χ3v) is 2.10. The zero-order valence-electron chi connectivity index (χ0n) is 7.37. The molecule has 0 aliphatic carbocycles. The van der Waals surface area contributed by atoms with Crippen molar-refractivity contribution < 1.29 is 8.78 Å². The van der Waals surface area contributed by atoms with Gasteiger partial charge < -0.3 is 5.73 Å². The van der Waals surface area contributed by atoms with Gasteiger partial charge >= 0.3 is 0 Å². The van der Waals surface area contributed by atoms with Crippen molar-refractivity contribution in [3.8, 4) is 0 Å². The lowest BCUT2D eigenvalue weighted by atomic mass is 9.95. The Morgan fingerprint density at radius 2 is 1.85 bits per heavy atom. The molecule has 0 saturated carbocycles. The molecule has 4 heteroatoms. The van der Waals surface area contributed by atoms with Gasteiger partial charge in [-0.05, 0) is 25.5 Å². The zero-order chi connectivity index (χ0) is 10.2. The minimum atomic E-state index is -1.04. The first kappa shape index (κ1) is 10.4. The maximum Gasteiger partial charge on any atom is 0.177 e. The van der Waals surface area contributed by atoms with Crippen LogP contribution in [-0.2, 0) is 5.54 Å². The first-order valence-corrected chi connectivity index (χ1v) is 4.14. The Hall–Kier alpha value is -0.670. The molecule has 2 N–H and O–H groups in total. The third-order valence-electron chi connectivity index (χ3n) is 1.73. The number of hydrogen-bond donors (Lipinski definition) is 1. The van der Waals surface area contributed by atoms with E-state index in [1.165, 1.54) is 6.07 Å². The van der Waals surface area contributed by atoms with E-state index < -0.39 is 17.2 Å². The zero-order valence-corrected chi connectivity index (χ0v) is 8.12. The molecule has 0 amide bonds. The Labute approximate surface area is 80.5 Å². The van der Waals surface area contributed by atoms with Gasteiger partial charge in [-0.3, -0.25) is 0 Å². The van der Waals surface area contributed by atoms with Gasteiger partial charge in [0.25, 0.3) is 0 Å². The van der Waals surface area contributed by atoms with Crippen LogP contribution in [0.2, 0.25) is 5.02 Å². The van der Waals surface area contributed by atoms with Crippen LogP contribution in [-0.4, -0.2) is 0 Å². The molecule has 72 valence electrons. The molecule has 0 saturated heterocycles. The van der Waals surface area contributed by atoms with Crippen molar-refractivity contribution in [1.82, 2.24) is 0 Å². The van der Waals surface area contributed by atoms with Gasteiger partial charge in [-0.15, -0.1) is 0 Å². The molecule has 0 bridgehead atoms. The van der Waals surface area contributed by atoms with Crippen molar-refractivity contribution in [2.75, 3.05) is 0 Å². The van der Waals surface area contributed by atoms with Crippen LogP contribution >= 0.6 is 11.6 Å². The molecule has 0 spiro atoms. The van der Waals surface area contributed by atoms with Crippen LogP contribution < -0.4 is 5.73 Å². The van der Waals surface area contributed by atoms with Crippen LogP contribution in [0.3, 0.4) is 0 Å². The molecule has 0 aliphatic rings. The van der Waals surface area contributed by atoms with E-state index in [2.05, 4.69) is 0 Å². The van der Waals surface area contributed by atoms with Crippen LogP contribution in [0.25, 0.3) is 0 Å². The highest BCUT2D eigenvalue weighted by Gasteiger charge is 2.21. The first-order valence-electron chi connectivity index (χ1n) is 3.77. The highest BCUT2D eigenvalue weighted by molar-refractivity contribution is 6.31. The molecular weight excluding hydrogens is 196 g/mol. The Morgan fingerprint density at radius 1 is 1.31 bits per heavy atom. The molecule has 0 atom stereocenters. The van der Waals surface area contributed by atoms with Gasteiger partial charge in [0.15, 0.2) is 11.6 Å². The lowest BCUT2D eigenvalue weighted by Gasteiger charge is -2.20. The predicted molar refractivity (Wildman–Crippen MR) is 48.6 cm³/mol. The van der Waals surface area contributed by atoms with Gasteiger partial charge in [-0.25, -0.2) is 8.78 Å². The standard InChI is InChI=1S/C9H10ClF2N/c1-9(2,13)5-3-4-6(11)8(12)7(5)10/h3-4H,13H2,1-2H3. The molecule has 13 heavy (non-hydrogen) atoms. The van der Waals surface area contributed by atoms with Crippen LogP contribution in [0.5, 0.6) is 0 Å². The van der Waals surface area contributed by atoms with Gasteiger partial charge in [-0.1, -0.05) is 17.7 Å². The summed E-state index contributed by atoms with van der Waals surface area (Å²) in [5.74, 6) is -2.00. The summed E-state index contributed by atoms with van der Waals surface area (Å²) < 4.78 is 25.6. The van der Waals surface area contributed by atoms with E-state index in [0.717, 1.165) is 6.07 Å². The molecule has 0 unspecified atom stereocenters. The molecule has 0 heterocycles. The molecule has 1 rings (SSSR count). The quantitative estimate of drug-likeness (QED) is 0.701. The Balaban J connectivity index is 3.35. The highest BCUT2D eigenvalue weighted by atomic mass is 35.5. The van der Waals surface area contributed by atoms with Gasteiger partial charge in [-0.2, -0.15) is 0 Å². The maximum absolute atomic E-state index is 13.0. The van der Waals surface area contributed by atoms with Crippen LogP contribution in [0.15, 0.2) is 12.1 Å². The molecule has 0 fully saturated rings. The lowest BCUT2D eigenvalue weighted by Crippen LogP contribution is -2.29. The van der Waals surface area contributed by atoms with Crippen molar-refractivity contribution in [3.63, 3.8) is 0 Å². The predicted octanol–water partition coefficient (Wildman–Crippen LogP) is 2.81.